The number of pyridine rings is 1. The monoisotopic (exact) mass is 287 g/mol. The van der Waals surface area contributed by atoms with Gasteiger partial charge in [0.25, 0.3) is 0 Å². The van der Waals surface area contributed by atoms with Crippen molar-refractivity contribution in [3.05, 3.63) is 22.9 Å². The van der Waals surface area contributed by atoms with E-state index in [4.69, 9.17) is 4.98 Å². The van der Waals surface area contributed by atoms with Crippen LogP contribution in [0.25, 0.3) is 0 Å². The average Bonchev–Trinajstić information content (AvgIpc) is 3.24. The Hall–Kier alpha value is -1.09. The highest BCUT2D eigenvalue weighted by atomic mass is 15.2. The van der Waals surface area contributed by atoms with Gasteiger partial charge in [0.1, 0.15) is 5.82 Å². The molecule has 0 amide bonds. The minimum absolute atomic E-state index is 0.590. The van der Waals surface area contributed by atoms with E-state index in [0.29, 0.717) is 6.04 Å². The van der Waals surface area contributed by atoms with E-state index in [1.807, 2.05) is 0 Å². The van der Waals surface area contributed by atoms with Crippen molar-refractivity contribution in [2.24, 2.45) is 5.92 Å². The molecule has 1 aliphatic carbocycles. The number of aromatic nitrogens is 1. The van der Waals surface area contributed by atoms with Gasteiger partial charge in [-0.1, -0.05) is 6.92 Å². The lowest BCUT2D eigenvalue weighted by Gasteiger charge is -2.40. The zero-order valence-corrected chi connectivity index (χ0v) is 13.9. The Morgan fingerprint density at radius 1 is 1.24 bits per heavy atom. The van der Waals surface area contributed by atoms with Crippen LogP contribution in [0.4, 0.5) is 5.82 Å². The first kappa shape index (κ1) is 14.8. The van der Waals surface area contributed by atoms with E-state index in [1.54, 1.807) is 0 Å². The topological polar surface area (TPSA) is 28.2 Å². The fourth-order valence-electron chi connectivity index (χ4n) is 3.47. The molecule has 1 aromatic heterocycles. The molecule has 116 valence electrons. The summed E-state index contributed by atoms with van der Waals surface area (Å²) in [6.45, 7) is 11.2. The molecule has 3 nitrogen and oxygen atoms in total. The largest absolute Gasteiger partial charge is 0.353 e. The predicted octanol–water partition coefficient (Wildman–Crippen LogP) is 3.58. The molecule has 2 unspecified atom stereocenters. The number of piperidine rings is 1. The Balaban J connectivity index is 1.90. The van der Waals surface area contributed by atoms with Gasteiger partial charge in [-0.2, -0.15) is 0 Å². The van der Waals surface area contributed by atoms with E-state index in [1.165, 1.54) is 42.6 Å². The molecule has 0 bridgehead atoms. The number of hydrogen-bond acceptors (Lipinski definition) is 3. The Labute approximate surface area is 129 Å². The van der Waals surface area contributed by atoms with E-state index >= 15 is 0 Å². The Morgan fingerprint density at radius 2 is 2.00 bits per heavy atom. The van der Waals surface area contributed by atoms with Crippen molar-refractivity contribution in [1.82, 2.24) is 10.3 Å². The van der Waals surface area contributed by atoms with E-state index in [-0.39, 0.29) is 0 Å². The summed E-state index contributed by atoms with van der Waals surface area (Å²) in [5, 5.41) is 3.67. The predicted molar refractivity (Wildman–Crippen MR) is 88.8 cm³/mol. The molecule has 1 aromatic rings. The van der Waals surface area contributed by atoms with E-state index in [2.05, 4.69) is 44.0 Å². The second kappa shape index (κ2) is 5.96. The SMILES string of the molecule is Cc1cc(C)c(CNC2CC2)c(N2CCCC(C)C2C)n1. The summed E-state index contributed by atoms with van der Waals surface area (Å²) in [5.74, 6) is 1.99. The van der Waals surface area contributed by atoms with Crippen molar-refractivity contribution in [1.29, 1.82) is 0 Å². The van der Waals surface area contributed by atoms with Crippen LogP contribution >= 0.6 is 0 Å². The summed E-state index contributed by atoms with van der Waals surface area (Å²) in [6, 6.07) is 3.56. The second-order valence-corrected chi connectivity index (χ2v) is 7.09. The molecule has 0 spiro atoms. The molecular weight excluding hydrogens is 258 g/mol. The molecule has 0 radical (unpaired) electrons. The zero-order chi connectivity index (χ0) is 15.0. The molecule has 21 heavy (non-hydrogen) atoms. The van der Waals surface area contributed by atoms with Gasteiger partial charge in [0.05, 0.1) is 0 Å². The molecule has 2 atom stereocenters. The minimum Gasteiger partial charge on any atom is -0.353 e. The minimum atomic E-state index is 0.590. The lowest BCUT2D eigenvalue weighted by atomic mass is 9.91. The van der Waals surface area contributed by atoms with Gasteiger partial charge in [-0.3, -0.25) is 0 Å². The van der Waals surface area contributed by atoms with Crippen molar-refractivity contribution in [2.75, 3.05) is 11.4 Å². The summed E-state index contributed by atoms with van der Waals surface area (Å²) < 4.78 is 0. The maximum Gasteiger partial charge on any atom is 0.133 e. The van der Waals surface area contributed by atoms with E-state index in [0.717, 1.165) is 30.7 Å². The van der Waals surface area contributed by atoms with Crippen LogP contribution in [0.1, 0.15) is 56.4 Å². The molecule has 2 heterocycles. The van der Waals surface area contributed by atoms with Crippen molar-refractivity contribution < 1.29 is 0 Å². The summed E-state index contributed by atoms with van der Waals surface area (Å²) in [4.78, 5) is 7.48. The molecule has 3 heteroatoms. The Morgan fingerprint density at radius 3 is 2.71 bits per heavy atom. The smallest absolute Gasteiger partial charge is 0.133 e. The van der Waals surface area contributed by atoms with Crippen LogP contribution in [0.3, 0.4) is 0 Å². The number of hydrogen-bond donors (Lipinski definition) is 1. The van der Waals surface area contributed by atoms with E-state index < -0.39 is 0 Å². The Bertz CT molecular complexity index is 507. The molecular formula is C18H29N3. The van der Waals surface area contributed by atoms with Gasteiger partial charge in [-0.05, 0) is 64.0 Å². The van der Waals surface area contributed by atoms with Crippen LogP contribution in [0.5, 0.6) is 0 Å². The number of nitrogens with one attached hydrogen (secondary N) is 1. The van der Waals surface area contributed by atoms with Crippen LogP contribution in [-0.2, 0) is 6.54 Å². The molecule has 0 aromatic carbocycles. The van der Waals surface area contributed by atoms with Crippen LogP contribution in [0.15, 0.2) is 6.07 Å². The third kappa shape index (κ3) is 3.23. The number of aryl methyl sites for hydroxylation is 2. The van der Waals surface area contributed by atoms with Gasteiger partial charge in [0.15, 0.2) is 0 Å². The molecule has 1 N–H and O–H groups in total. The fourth-order valence-corrected chi connectivity index (χ4v) is 3.47. The van der Waals surface area contributed by atoms with Gasteiger partial charge in [0.2, 0.25) is 0 Å². The van der Waals surface area contributed by atoms with Crippen LogP contribution in [0.2, 0.25) is 0 Å². The third-order valence-electron chi connectivity index (χ3n) is 5.24. The van der Waals surface area contributed by atoms with Crippen molar-refractivity contribution in [3.8, 4) is 0 Å². The number of rotatable bonds is 4. The third-order valence-corrected chi connectivity index (χ3v) is 5.24. The summed E-state index contributed by atoms with van der Waals surface area (Å²) in [7, 11) is 0. The second-order valence-electron chi connectivity index (χ2n) is 7.09. The zero-order valence-electron chi connectivity index (χ0n) is 13.9. The van der Waals surface area contributed by atoms with Crippen molar-refractivity contribution in [3.63, 3.8) is 0 Å². The average molecular weight is 287 g/mol. The van der Waals surface area contributed by atoms with Crippen molar-refractivity contribution in [2.45, 2.75) is 72.0 Å². The summed E-state index contributed by atoms with van der Waals surface area (Å²) >= 11 is 0. The van der Waals surface area contributed by atoms with Gasteiger partial charge in [-0.25, -0.2) is 4.98 Å². The van der Waals surface area contributed by atoms with Gasteiger partial charge < -0.3 is 10.2 Å². The van der Waals surface area contributed by atoms with Gasteiger partial charge in [-0.15, -0.1) is 0 Å². The first-order valence-electron chi connectivity index (χ1n) is 8.53. The van der Waals surface area contributed by atoms with Gasteiger partial charge >= 0.3 is 0 Å². The standard InChI is InChI=1S/C18H29N3/c1-12-6-5-9-21(15(12)4)18-17(11-19-16-7-8-16)13(2)10-14(3)20-18/h10,12,15-16,19H,5-9,11H2,1-4H3. The maximum atomic E-state index is 4.93. The Kier molecular flexibility index (Phi) is 4.21. The lowest BCUT2D eigenvalue weighted by molar-refractivity contribution is 0.360. The fraction of sp³-hybridized carbons (Fsp3) is 0.722. The molecule has 2 aliphatic rings. The first-order valence-corrected chi connectivity index (χ1v) is 8.53. The van der Waals surface area contributed by atoms with Gasteiger partial charge in [0, 0.05) is 36.4 Å². The summed E-state index contributed by atoms with van der Waals surface area (Å²) in [6.07, 6.45) is 5.31. The maximum absolute atomic E-state index is 4.93. The molecule has 1 aliphatic heterocycles. The molecule has 3 rings (SSSR count). The number of anilines is 1. The van der Waals surface area contributed by atoms with Crippen molar-refractivity contribution >= 4 is 5.82 Å². The normalized spacial score (nSPS) is 26.2. The van der Waals surface area contributed by atoms with Crippen LogP contribution in [0, 0.1) is 19.8 Å². The summed E-state index contributed by atoms with van der Waals surface area (Å²) in [5.41, 5.74) is 3.94. The number of nitrogens with zero attached hydrogens (tertiary/aromatic N) is 2. The lowest BCUT2D eigenvalue weighted by Crippen LogP contribution is -2.43. The highest BCUT2D eigenvalue weighted by Crippen LogP contribution is 2.31. The highest BCUT2D eigenvalue weighted by molar-refractivity contribution is 5.53. The highest BCUT2D eigenvalue weighted by Gasteiger charge is 2.28. The molecule has 1 saturated carbocycles. The molecule has 2 fully saturated rings. The van der Waals surface area contributed by atoms with Crippen LogP contribution in [-0.4, -0.2) is 23.6 Å². The van der Waals surface area contributed by atoms with Crippen LogP contribution < -0.4 is 10.2 Å². The van der Waals surface area contributed by atoms with E-state index in [9.17, 15) is 0 Å². The first-order chi connectivity index (χ1) is 10.1. The quantitative estimate of drug-likeness (QED) is 0.917. The molecule has 1 saturated heterocycles.